The van der Waals surface area contributed by atoms with Crippen LogP contribution in [-0.4, -0.2) is 40.3 Å². The second-order valence-corrected chi connectivity index (χ2v) is 5.75. The summed E-state index contributed by atoms with van der Waals surface area (Å²) in [4.78, 5) is 0. The van der Waals surface area contributed by atoms with Crippen LogP contribution in [0.15, 0.2) is 5.16 Å². The first-order valence-electron chi connectivity index (χ1n) is 6.61. The Labute approximate surface area is 112 Å². The molecule has 1 aliphatic heterocycles. The number of hydrogen-bond acceptors (Lipinski definition) is 4. The highest BCUT2D eigenvalue weighted by molar-refractivity contribution is 7.99. The number of alkyl halides is 1. The van der Waals surface area contributed by atoms with Crippen molar-refractivity contribution in [3.8, 4) is 0 Å². The SMILES string of the molecule is Cn1c(SCCCCF)nnc1[C@@H]1CCCNC1. The van der Waals surface area contributed by atoms with Gasteiger partial charge in [0.05, 0.1) is 6.67 Å². The molecule has 0 bridgehead atoms. The van der Waals surface area contributed by atoms with Gasteiger partial charge < -0.3 is 9.88 Å². The zero-order valence-electron chi connectivity index (χ0n) is 10.9. The van der Waals surface area contributed by atoms with Gasteiger partial charge in [0.2, 0.25) is 0 Å². The van der Waals surface area contributed by atoms with Gasteiger partial charge in [-0.15, -0.1) is 10.2 Å². The summed E-state index contributed by atoms with van der Waals surface area (Å²) in [5, 5.41) is 12.9. The summed E-state index contributed by atoms with van der Waals surface area (Å²) in [5.41, 5.74) is 0. The average Bonchev–Trinajstić information content (AvgIpc) is 2.77. The van der Waals surface area contributed by atoms with Crippen LogP contribution in [0, 0.1) is 0 Å². The minimum atomic E-state index is -0.224. The number of thioether (sulfide) groups is 1. The molecule has 1 aliphatic rings. The van der Waals surface area contributed by atoms with Crippen LogP contribution in [0.3, 0.4) is 0 Å². The van der Waals surface area contributed by atoms with E-state index in [1.54, 1.807) is 11.8 Å². The van der Waals surface area contributed by atoms with E-state index in [9.17, 15) is 4.39 Å². The fraction of sp³-hybridized carbons (Fsp3) is 0.833. The first-order chi connectivity index (χ1) is 8.83. The van der Waals surface area contributed by atoms with Crippen LogP contribution in [-0.2, 0) is 7.05 Å². The lowest BCUT2D eigenvalue weighted by molar-refractivity contribution is 0.436. The second-order valence-electron chi connectivity index (χ2n) is 4.69. The Morgan fingerprint density at radius 3 is 3.06 bits per heavy atom. The molecule has 102 valence electrons. The molecule has 1 aromatic rings. The van der Waals surface area contributed by atoms with Crippen LogP contribution in [0.4, 0.5) is 4.39 Å². The van der Waals surface area contributed by atoms with Crippen molar-refractivity contribution < 1.29 is 4.39 Å². The lowest BCUT2D eigenvalue weighted by Gasteiger charge is -2.21. The molecule has 0 amide bonds. The van der Waals surface area contributed by atoms with E-state index in [1.165, 1.54) is 12.8 Å². The number of hydrogen-bond donors (Lipinski definition) is 1. The van der Waals surface area contributed by atoms with Gasteiger partial charge in [-0.05, 0) is 32.2 Å². The molecule has 4 nitrogen and oxygen atoms in total. The minimum absolute atomic E-state index is 0.224. The van der Waals surface area contributed by atoms with Crippen molar-refractivity contribution in [2.24, 2.45) is 7.05 Å². The Kier molecular flexibility index (Phi) is 5.44. The molecular formula is C12H21FN4S. The Hall–Kier alpha value is -0.620. The molecule has 1 atom stereocenters. The fourth-order valence-corrected chi connectivity index (χ4v) is 3.16. The monoisotopic (exact) mass is 272 g/mol. The molecule has 0 aromatic carbocycles. The predicted octanol–water partition coefficient (Wildman–Crippen LogP) is 2.12. The highest BCUT2D eigenvalue weighted by atomic mass is 32.2. The minimum Gasteiger partial charge on any atom is -0.316 e. The van der Waals surface area contributed by atoms with Crippen molar-refractivity contribution in [1.82, 2.24) is 20.1 Å². The van der Waals surface area contributed by atoms with Crippen LogP contribution in [0.2, 0.25) is 0 Å². The summed E-state index contributed by atoms with van der Waals surface area (Å²) in [6, 6.07) is 0. The molecule has 0 unspecified atom stereocenters. The predicted molar refractivity (Wildman–Crippen MR) is 71.8 cm³/mol. The first kappa shape index (κ1) is 13.8. The summed E-state index contributed by atoms with van der Waals surface area (Å²) in [5.74, 6) is 2.48. The molecule has 1 saturated heterocycles. The quantitative estimate of drug-likeness (QED) is 0.636. The van der Waals surface area contributed by atoms with E-state index in [0.29, 0.717) is 12.3 Å². The number of rotatable bonds is 6. The summed E-state index contributed by atoms with van der Waals surface area (Å²) >= 11 is 1.67. The Bertz CT molecular complexity index is 363. The van der Waals surface area contributed by atoms with Crippen molar-refractivity contribution in [3.63, 3.8) is 0 Å². The maximum Gasteiger partial charge on any atom is 0.190 e. The van der Waals surface area contributed by atoms with E-state index in [4.69, 9.17) is 0 Å². The van der Waals surface area contributed by atoms with Crippen molar-refractivity contribution in [2.75, 3.05) is 25.5 Å². The molecule has 2 heterocycles. The molecule has 0 spiro atoms. The Morgan fingerprint density at radius 2 is 2.33 bits per heavy atom. The van der Waals surface area contributed by atoms with Crippen molar-refractivity contribution in [3.05, 3.63) is 5.82 Å². The van der Waals surface area contributed by atoms with Gasteiger partial charge in [0.15, 0.2) is 5.16 Å². The fourth-order valence-electron chi connectivity index (χ4n) is 2.24. The van der Waals surface area contributed by atoms with Gasteiger partial charge in [-0.1, -0.05) is 11.8 Å². The summed E-state index contributed by atoms with van der Waals surface area (Å²) in [6.45, 7) is 1.88. The number of piperidine rings is 1. The van der Waals surface area contributed by atoms with Crippen molar-refractivity contribution in [2.45, 2.75) is 36.8 Å². The molecule has 1 aromatic heterocycles. The number of nitrogens with one attached hydrogen (secondary N) is 1. The number of unbranched alkanes of at least 4 members (excludes halogenated alkanes) is 1. The Balaban J connectivity index is 1.90. The lowest BCUT2D eigenvalue weighted by atomic mass is 9.99. The molecule has 1 N–H and O–H groups in total. The van der Waals surface area contributed by atoms with Crippen LogP contribution in [0.25, 0.3) is 0 Å². The van der Waals surface area contributed by atoms with Gasteiger partial charge >= 0.3 is 0 Å². The van der Waals surface area contributed by atoms with Gasteiger partial charge in [0, 0.05) is 25.3 Å². The number of halogens is 1. The van der Waals surface area contributed by atoms with E-state index in [0.717, 1.165) is 36.2 Å². The molecule has 0 radical (unpaired) electrons. The smallest absolute Gasteiger partial charge is 0.190 e. The first-order valence-corrected chi connectivity index (χ1v) is 7.60. The summed E-state index contributed by atoms with van der Waals surface area (Å²) in [6.07, 6.45) is 3.93. The molecule has 1 fully saturated rings. The molecule has 18 heavy (non-hydrogen) atoms. The molecule has 0 saturated carbocycles. The highest BCUT2D eigenvalue weighted by Crippen LogP contribution is 2.25. The largest absolute Gasteiger partial charge is 0.316 e. The molecule has 2 rings (SSSR count). The van der Waals surface area contributed by atoms with Gasteiger partial charge in [0.1, 0.15) is 5.82 Å². The lowest BCUT2D eigenvalue weighted by Crippen LogP contribution is -2.29. The van der Waals surface area contributed by atoms with Gasteiger partial charge in [-0.2, -0.15) is 0 Å². The molecular weight excluding hydrogens is 251 g/mol. The third-order valence-electron chi connectivity index (χ3n) is 3.29. The van der Waals surface area contributed by atoms with E-state index >= 15 is 0 Å². The van der Waals surface area contributed by atoms with Crippen LogP contribution < -0.4 is 5.32 Å². The van der Waals surface area contributed by atoms with Crippen LogP contribution >= 0.6 is 11.8 Å². The van der Waals surface area contributed by atoms with Gasteiger partial charge in [-0.3, -0.25) is 4.39 Å². The zero-order valence-corrected chi connectivity index (χ0v) is 11.7. The number of nitrogens with zero attached hydrogens (tertiary/aromatic N) is 3. The van der Waals surface area contributed by atoms with E-state index in [-0.39, 0.29) is 6.67 Å². The van der Waals surface area contributed by atoms with Crippen molar-refractivity contribution >= 4 is 11.8 Å². The van der Waals surface area contributed by atoms with Crippen LogP contribution in [0.5, 0.6) is 0 Å². The van der Waals surface area contributed by atoms with E-state index in [1.807, 2.05) is 7.05 Å². The third-order valence-corrected chi connectivity index (χ3v) is 4.40. The highest BCUT2D eigenvalue weighted by Gasteiger charge is 2.21. The Morgan fingerprint density at radius 1 is 1.44 bits per heavy atom. The van der Waals surface area contributed by atoms with Crippen LogP contribution in [0.1, 0.15) is 37.4 Å². The molecule has 6 heteroatoms. The van der Waals surface area contributed by atoms with E-state index in [2.05, 4.69) is 20.1 Å². The standard InChI is InChI=1S/C12H21FN4S/c1-17-11(10-5-4-7-14-9-10)15-16-12(17)18-8-3-2-6-13/h10,14H,2-9H2,1H3/t10-/m1/s1. The third kappa shape index (κ3) is 3.45. The van der Waals surface area contributed by atoms with Crippen molar-refractivity contribution in [1.29, 1.82) is 0 Å². The summed E-state index contributed by atoms with van der Waals surface area (Å²) < 4.78 is 14.1. The topological polar surface area (TPSA) is 42.7 Å². The van der Waals surface area contributed by atoms with E-state index < -0.39 is 0 Å². The zero-order chi connectivity index (χ0) is 12.8. The van der Waals surface area contributed by atoms with Gasteiger partial charge in [-0.25, -0.2) is 0 Å². The maximum atomic E-state index is 12.0. The number of aromatic nitrogens is 3. The molecule has 0 aliphatic carbocycles. The normalized spacial score (nSPS) is 20.2. The maximum absolute atomic E-state index is 12.0. The second kappa shape index (κ2) is 7.09. The average molecular weight is 272 g/mol. The van der Waals surface area contributed by atoms with Gasteiger partial charge in [0.25, 0.3) is 0 Å². The summed E-state index contributed by atoms with van der Waals surface area (Å²) in [7, 11) is 2.03.